The van der Waals surface area contributed by atoms with E-state index in [0.717, 1.165) is 4.40 Å². The lowest BCUT2D eigenvalue weighted by Gasteiger charge is -2.01. The summed E-state index contributed by atoms with van der Waals surface area (Å²) in [5, 5.41) is 11.8. The molecule has 0 fully saturated rings. The summed E-state index contributed by atoms with van der Waals surface area (Å²) in [4.78, 5) is 24.4. The van der Waals surface area contributed by atoms with Crippen LogP contribution in [-0.2, 0) is 4.74 Å². The molecular weight excluding hydrogens is 305 g/mol. The van der Waals surface area contributed by atoms with Crippen LogP contribution in [0.1, 0.15) is 23.2 Å². The molecule has 1 aromatic carbocycles. The first-order valence-electron chi connectivity index (χ1n) is 6.81. The Morgan fingerprint density at radius 3 is 2.61 bits per heavy atom. The van der Waals surface area contributed by atoms with E-state index in [1.807, 2.05) is 0 Å². The number of esters is 1. The van der Waals surface area contributed by atoms with E-state index in [4.69, 9.17) is 4.74 Å². The van der Waals surface area contributed by atoms with Crippen molar-refractivity contribution in [2.45, 2.75) is 13.8 Å². The number of hydrogen-bond donors (Lipinski definition) is 0. The predicted molar refractivity (Wildman–Crippen MR) is 77.0 cm³/mol. The highest BCUT2D eigenvalue weighted by Gasteiger charge is 2.22. The average Bonchev–Trinajstić information content (AvgIpc) is 2.92. The second kappa shape index (κ2) is 5.59. The highest BCUT2D eigenvalue weighted by molar-refractivity contribution is 5.86. The molecule has 3 aromatic rings. The summed E-state index contributed by atoms with van der Waals surface area (Å²) in [5.41, 5.74) is 0.0233. The molecule has 118 valence electrons. The zero-order valence-electron chi connectivity index (χ0n) is 12.4. The van der Waals surface area contributed by atoms with Gasteiger partial charge in [0.1, 0.15) is 11.5 Å². The second-order valence-electron chi connectivity index (χ2n) is 4.66. The zero-order chi connectivity index (χ0) is 16.6. The van der Waals surface area contributed by atoms with Crippen molar-refractivity contribution in [2.24, 2.45) is 0 Å². The number of carbonyl (C=O) groups is 1. The summed E-state index contributed by atoms with van der Waals surface area (Å²) in [6, 6.07) is 5.36. The first-order valence-corrected chi connectivity index (χ1v) is 6.81. The van der Waals surface area contributed by atoms with E-state index < -0.39 is 17.3 Å². The van der Waals surface area contributed by atoms with Crippen molar-refractivity contribution in [1.29, 1.82) is 0 Å². The Labute approximate surface area is 129 Å². The fraction of sp³-hybridized carbons (Fsp3) is 0.214. The first kappa shape index (κ1) is 14.8. The van der Waals surface area contributed by atoms with Crippen LogP contribution in [0, 0.1) is 12.7 Å². The number of halogens is 1. The highest BCUT2D eigenvalue weighted by atomic mass is 19.1. The lowest BCUT2D eigenvalue weighted by molar-refractivity contribution is 0.0509. The summed E-state index contributed by atoms with van der Waals surface area (Å²) in [6.45, 7) is 3.26. The maximum Gasteiger partial charge on any atom is 0.376 e. The van der Waals surface area contributed by atoms with Gasteiger partial charge in [-0.25, -0.2) is 13.6 Å². The van der Waals surface area contributed by atoms with Gasteiger partial charge in [0.15, 0.2) is 0 Å². The third kappa shape index (κ3) is 2.45. The zero-order valence-corrected chi connectivity index (χ0v) is 12.4. The van der Waals surface area contributed by atoms with Crippen molar-refractivity contribution >= 4 is 11.7 Å². The number of fused-ring (bicyclic) bond motifs is 1. The summed E-state index contributed by atoms with van der Waals surface area (Å²) in [7, 11) is 0. The van der Waals surface area contributed by atoms with Crippen LogP contribution < -0.4 is 5.56 Å². The fourth-order valence-corrected chi connectivity index (χ4v) is 2.06. The van der Waals surface area contributed by atoms with Crippen LogP contribution in [0.5, 0.6) is 0 Å². The van der Waals surface area contributed by atoms with Crippen LogP contribution in [0.15, 0.2) is 29.1 Å². The standard InChI is InChI=1S/C14H12FN5O3/c1-3-23-13(22)11-18-20(10-6-4-9(15)5-7-10)14-17-16-8(2)12(21)19(11)14/h4-7H,3H2,1-2H3. The molecule has 0 saturated heterocycles. The lowest BCUT2D eigenvalue weighted by atomic mass is 10.3. The molecule has 0 saturated carbocycles. The van der Waals surface area contributed by atoms with Gasteiger partial charge in [-0.2, -0.15) is 4.68 Å². The number of aryl methyl sites for hydroxylation is 1. The molecule has 2 aromatic heterocycles. The van der Waals surface area contributed by atoms with E-state index in [-0.39, 0.29) is 23.9 Å². The SMILES string of the molecule is CCOC(=O)c1nn(-c2ccc(F)cc2)c2nnc(C)c(=O)n12. The molecule has 2 heterocycles. The molecule has 0 atom stereocenters. The molecule has 0 aliphatic rings. The van der Waals surface area contributed by atoms with Crippen LogP contribution >= 0.6 is 0 Å². The van der Waals surface area contributed by atoms with Crippen LogP contribution in [0.25, 0.3) is 11.5 Å². The predicted octanol–water partition coefficient (Wildman–Crippen LogP) is 0.899. The second-order valence-corrected chi connectivity index (χ2v) is 4.66. The van der Waals surface area contributed by atoms with E-state index in [1.54, 1.807) is 6.92 Å². The van der Waals surface area contributed by atoms with Crippen molar-refractivity contribution < 1.29 is 13.9 Å². The third-order valence-corrected chi connectivity index (χ3v) is 3.13. The number of hydrogen-bond acceptors (Lipinski definition) is 6. The van der Waals surface area contributed by atoms with Gasteiger partial charge in [0, 0.05) is 0 Å². The van der Waals surface area contributed by atoms with Crippen molar-refractivity contribution in [3.8, 4) is 5.69 Å². The van der Waals surface area contributed by atoms with Gasteiger partial charge in [-0.1, -0.05) is 0 Å². The molecule has 23 heavy (non-hydrogen) atoms. The quantitative estimate of drug-likeness (QED) is 0.667. The number of nitrogens with zero attached hydrogens (tertiary/aromatic N) is 5. The molecule has 0 aliphatic heterocycles. The summed E-state index contributed by atoms with van der Waals surface area (Å²) in [5.74, 6) is -1.35. The third-order valence-electron chi connectivity index (χ3n) is 3.13. The molecule has 0 N–H and O–H groups in total. The van der Waals surface area contributed by atoms with Crippen LogP contribution in [-0.4, -0.2) is 37.0 Å². The van der Waals surface area contributed by atoms with E-state index in [1.165, 1.54) is 35.9 Å². The normalized spacial score (nSPS) is 10.9. The molecular formula is C14H12FN5O3. The van der Waals surface area contributed by atoms with Crippen LogP contribution in [0.2, 0.25) is 0 Å². The Balaban J connectivity index is 2.32. The minimum absolute atomic E-state index is 0.0373. The van der Waals surface area contributed by atoms with Gasteiger partial charge >= 0.3 is 5.97 Å². The molecule has 0 amide bonds. The molecule has 0 aliphatic carbocycles. The molecule has 0 unspecified atom stereocenters. The van der Waals surface area contributed by atoms with E-state index in [0.29, 0.717) is 5.69 Å². The highest BCUT2D eigenvalue weighted by Crippen LogP contribution is 2.12. The van der Waals surface area contributed by atoms with Gasteiger partial charge in [0.2, 0.25) is 5.82 Å². The Hall–Kier alpha value is -3.10. The van der Waals surface area contributed by atoms with Gasteiger partial charge < -0.3 is 4.74 Å². The van der Waals surface area contributed by atoms with Gasteiger partial charge in [-0.15, -0.1) is 15.3 Å². The number of benzene rings is 1. The van der Waals surface area contributed by atoms with E-state index in [2.05, 4.69) is 15.3 Å². The largest absolute Gasteiger partial charge is 0.460 e. The Morgan fingerprint density at radius 1 is 1.26 bits per heavy atom. The fourth-order valence-electron chi connectivity index (χ4n) is 2.06. The number of aromatic nitrogens is 5. The van der Waals surface area contributed by atoms with E-state index >= 15 is 0 Å². The molecule has 0 bridgehead atoms. The van der Waals surface area contributed by atoms with Crippen LogP contribution in [0.3, 0.4) is 0 Å². The summed E-state index contributed by atoms with van der Waals surface area (Å²) < 4.78 is 20.3. The number of ether oxygens (including phenoxy) is 1. The topological polar surface area (TPSA) is 91.4 Å². The van der Waals surface area contributed by atoms with Crippen LogP contribution in [0.4, 0.5) is 4.39 Å². The monoisotopic (exact) mass is 317 g/mol. The van der Waals surface area contributed by atoms with Gasteiger partial charge in [-0.3, -0.25) is 4.79 Å². The Morgan fingerprint density at radius 2 is 1.96 bits per heavy atom. The molecule has 3 rings (SSSR count). The van der Waals surface area contributed by atoms with Crippen molar-refractivity contribution in [3.63, 3.8) is 0 Å². The maximum absolute atomic E-state index is 13.1. The average molecular weight is 317 g/mol. The lowest BCUT2D eigenvalue weighted by Crippen LogP contribution is -2.23. The number of carbonyl (C=O) groups excluding carboxylic acids is 1. The molecule has 9 heteroatoms. The Bertz CT molecular complexity index is 945. The maximum atomic E-state index is 13.1. The van der Waals surface area contributed by atoms with Gasteiger partial charge in [0.25, 0.3) is 11.3 Å². The van der Waals surface area contributed by atoms with Crippen molar-refractivity contribution in [1.82, 2.24) is 24.4 Å². The first-order chi connectivity index (χ1) is 11.0. The Kier molecular flexibility index (Phi) is 3.61. The minimum Gasteiger partial charge on any atom is -0.460 e. The molecule has 0 spiro atoms. The smallest absolute Gasteiger partial charge is 0.376 e. The van der Waals surface area contributed by atoms with Gasteiger partial charge in [0.05, 0.1) is 12.3 Å². The number of rotatable bonds is 3. The van der Waals surface area contributed by atoms with Crippen molar-refractivity contribution in [2.75, 3.05) is 6.61 Å². The van der Waals surface area contributed by atoms with Crippen molar-refractivity contribution in [3.05, 3.63) is 52.0 Å². The van der Waals surface area contributed by atoms with E-state index in [9.17, 15) is 14.0 Å². The molecule has 0 radical (unpaired) electrons. The molecule has 8 nitrogen and oxygen atoms in total. The summed E-state index contributed by atoms with van der Waals surface area (Å²) in [6.07, 6.45) is 0. The summed E-state index contributed by atoms with van der Waals surface area (Å²) >= 11 is 0. The minimum atomic E-state index is -0.757. The van der Waals surface area contributed by atoms with Gasteiger partial charge in [-0.05, 0) is 38.1 Å².